The number of ether oxygens (including phenoxy) is 1. The van der Waals surface area contributed by atoms with Gasteiger partial charge in [0.05, 0.1) is 7.11 Å². The maximum absolute atomic E-state index is 13.3. The van der Waals surface area contributed by atoms with Crippen LogP contribution in [0.1, 0.15) is 29.3 Å². The SMILES string of the molecule is CCC(=O)c1cc(C)c(F)c(OC)c1. The summed E-state index contributed by atoms with van der Waals surface area (Å²) in [6.07, 6.45) is 0.411. The summed E-state index contributed by atoms with van der Waals surface area (Å²) >= 11 is 0. The van der Waals surface area contributed by atoms with Crippen molar-refractivity contribution in [2.24, 2.45) is 0 Å². The Morgan fingerprint density at radius 1 is 1.50 bits per heavy atom. The van der Waals surface area contributed by atoms with E-state index in [0.29, 0.717) is 17.5 Å². The molecule has 0 heterocycles. The first kappa shape index (κ1) is 10.7. The maximum atomic E-state index is 13.3. The lowest BCUT2D eigenvalue weighted by Crippen LogP contribution is -2.00. The molecule has 0 saturated carbocycles. The zero-order chi connectivity index (χ0) is 10.7. The summed E-state index contributed by atoms with van der Waals surface area (Å²) in [6, 6.07) is 2.98. The monoisotopic (exact) mass is 196 g/mol. The van der Waals surface area contributed by atoms with Crippen molar-refractivity contribution < 1.29 is 13.9 Å². The van der Waals surface area contributed by atoms with Crippen LogP contribution in [0.25, 0.3) is 0 Å². The molecule has 14 heavy (non-hydrogen) atoms. The lowest BCUT2D eigenvalue weighted by Gasteiger charge is -2.07. The molecule has 1 aromatic rings. The largest absolute Gasteiger partial charge is 0.494 e. The highest BCUT2D eigenvalue weighted by atomic mass is 19.1. The minimum atomic E-state index is -0.403. The molecule has 0 aromatic heterocycles. The van der Waals surface area contributed by atoms with Crippen LogP contribution in [0.2, 0.25) is 0 Å². The summed E-state index contributed by atoms with van der Waals surface area (Å²) in [5, 5.41) is 0. The molecule has 0 aliphatic rings. The molecule has 0 spiro atoms. The quantitative estimate of drug-likeness (QED) is 0.695. The molecule has 1 rings (SSSR count). The minimum Gasteiger partial charge on any atom is -0.494 e. The van der Waals surface area contributed by atoms with Crippen molar-refractivity contribution in [2.75, 3.05) is 7.11 Å². The van der Waals surface area contributed by atoms with Gasteiger partial charge >= 0.3 is 0 Å². The average Bonchev–Trinajstić information content (AvgIpc) is 2.20. The number of aryl methyl sites for hydroxylation is 1. The van der Waals surface area contributed by atoms with Gasteiger partial charge in [0.15, 0.2) is 17.3 Å². The zero-order valence-electron chi connectivity index (χ0n) is 8.56. The second-order valence-corrected chi connectivity index (χ2v) is 3.09. The van der Waals surface area contributed by atoms with Gasteiger partial charge in [-0.1, -0.05) is 6.92 Å². The Hall–Kier alpha value is -1.38. The molecule has 0 fully saturated rings. The van der Waals surface area contributed by atoms with E-state index in [2.05, 4.69) is 0 Å². The number of carbonyl (C=O) groups is 1. The summed E-state index contributed by atoms with van der Waals surface area (Å²) in [5.74, 6) is -0.284. The normalized spacial score (nSPS) is 10.0. The standard InChI is InChI=1S/C11H13FO2/c1-4-9(13)8-5-7(2)11(12)10(6-8)14-3/h5-6H,4H2,1-3H3. The van der Waals surface area contributed by atoms with Crippen LogP contribution in [0, 0.1) is 12.7 Å². The number of carbonyl (C=O) groups excluding carboxylic acids is 1. The number of hydrogen-bond acceptors (Lipinski definition) is 2. The van der Waals surface area contributed by atoms with E-state index in [4.69, 9.17) is 4.74 Å². The molecule has 1 aromatic carbocycles. The topological polar surface area (TPSA) is 26.3 Å². The number of benzene rings is 1. The molecular weight excluding hydrogens is 183 g/mol. The van der Waals surface area contributed by atoms with E-state index in [1.807, 2.05) is 0 Å². The van der Waals surface area contributed by atoms with E-state index >= 15 is 0 Å². The van der Waals surface area contributed by atoms with E-state index in [1.54, 1.807) is 19.9 Å². The number of Topliss-reactive ketones (excluding diaryl/α,β-unsaturated/α-hetero) is 1. The predicted molar refractivity (Wildman–Crippen MR) is 52.3 cm³/mol. The summed E-state index contributed by atoms with van der Waals surface area (Å²) in [7, 11) is 1.39. The number of halogens is 1. The van der Waals surface area contributed by atoms with Gasteiger partial charge in [-0.15, -0.1) is 0 Å². The van der Waals surface area contributed by atoms with Crippen molar-refractivity contribution >= 4 is 5.78 Å². The second-order valence-electron chi connectivity index (χ2n) is 3.09. The molecule has 0 radical (unpaired) electrons. The van der Waals surface area contributed by atoms with E-state index in [1.165, 1.54) is 13.2 Å². The van der Waals surface area contributed by atoms with E-state index in [-0.39, 0.29) is 11.5 Å². The Morgan fingerprint density at radius 3 is 2.64 bits per heavy atom. The molecule has 0 amide bonds. The Labute approximate surface area is 82.7 Å². The number of ketones is 1. The van der Waals surface area contributed by atoms with E-state index in [9.17, 15) is 9.18 Å². The summed E-state index contributed by atoms with van der Waals surface area (Å²) in [5.41, 5.74) is 0.935. The molecule has 0 aliphatic heterocycles. The summed E-state index contributed by atoms with van der Waals surface area (Å²) in [6.45, 7) is 3.39. The van der Waals surface area contributed by atoms with Gasteiger partial charge in [-0.25, -0.2) is 4.39 Å². The van der Waals surface area contributed by atoms with Crippen LogP contribution in [0.3, 0.4) is 0 Å². The van der Waals surface area contributed by atoms with Gasteiger partial charge in [0, 0.05) is 12.0 Å². The predicted octanol–water partition coefficient (Wildman–Crippen LogP) is 2.74. The second kappa shape index (κ2) is 4.22. The Balaban J connectivity index is 3.22. The fourth-order valence-corrected chi connectivity index (χ4v) is 1.25. The van der Waals surface area contributed by atoms with Crippen LogP contribution in [0.4, 0.5) is 4.39 Å². The Bertz CT molecular complexity index is 359. The molecule has 0 unspecified atom stereocenters. The number of hydrogen-bond donors (Lipinski definition) is 0. The van der Waals surface area contributed by atoms with Gasteiger partial charge in [-0.05, 0) is 24.6 Å². The first-order valence-electron chi connectivity index (χ1n) is 4.47. The highest BCUT2D eigenvalue weighted by Crippen LogP contribution is 2.22. The van der Waals surface area contributed by atoms with Gasteiger partial charge in [-0.2, -0.15) is 0 Å². The van der Waals surface area contributed by atoms with Crippen molar-refractivity contribution in [1.82, 2.24) is 0 Å². The highest BCUT2D eigenvalue weighted by Gasteiger charge is 2.11. The van der Waals surface area contributed by atoms with Gasteiger partial charge in [0.25, 0.3) is 0 Å². The minimum absolute atomic E-state index is 0.00796. The fraction of sp³-hybridized carbons (Fsp3) is 0.364. The molecule has 2 nitrogen and oxygen atoms in total. The molecule has 76 valence electrons. The van der Waals surface area contributed by atoms with Crippen molar-refractivity contribution in [3.05, 3.63) is 29.1 Å². The van der Waals surface area contributed by atoms with Gasteiger partial charge in [0.2, 0.25) is 0 Å². The molecular formula is C11H13FO2. The zero-order valence-corrected chi connectivity index (χ0v) is 8.56. The smallest absolute Gasteiger partial charge is 0.167 e. The first-order chi connectivity index (χ1) is 6.60. The third-order valence-corrected chi connectivity index (χ3v) is 2.08. The van der Waals surface area contributed by atoms with Gasteiger partial charge in [0.1, 0.15) is 0 Å². The van der Waals surface area contributed by atoms with Crippen molar-refractivity contribution in [3.8, 4) is 5.75 Å². The highest BCUT2D eigenvalue weighted by molar-refractivity contribution is 5.96. The number of methoxy groups -OCH3 is 1. The molecule has 0 atom stereocenters. The van der Waals surface area contributed by atoms with Crippen molar-refractivity contribution in [3.63, 3.8) is 0 Å². The van der Waals surface area contributed by atoms with Crippen LogP contribution in [-0.4, -0.2) is 12.9 Å². The molecule has 3 heteroatoms. The molecule has 0 bridgehead atoms. The number of rotatable bonds is 3. The Kier molecular flexibility index (Phi) is 3.23. The van der Waals surface area contributed by atoms with Crippen LogP contribution in [-0.2, 0) is 0 Å². The van der Waals surface area contributed by atoms with Crippen molar-refractivity contribution in [1.29, 1.82) is 0 Å². The third kappa shape index (κ3) is 1.92. The van der Waals surface area contributed by atoms with E-state index in [0.717, 1.165) is 0 Å². The van der Waals surface area contributed by atoms with Gasteiger partial charge in [-0.3, -0.25) is 4.79 Å². The summed E-state index contributed by atoms with van der Waals surface area (Å²) in [4.78, 5) is 11.4. The van der Waals surface area contributed by atoms with Crippen molar-refractivity contribution in [2.45, 2.75) is 20.3 Å². The lowest BCUT2D eigenvalue weighted by molar-refractivity contribution is 0.0987. The van der Waals surface area contributed by atoms with Crippen LogP contribution in [0.5, 0.6) is 5.75 Å². The molecule has 0 aliphatic carbocycles. The first-order valence-corrected chi connectivity index (χ1v) is 4.47. The Morgan fingerprint density at radius 2 is 2.14 bits per heavy atom. The maximum Gasteiger partial charge on any atom is 0.167 e. The van der Waals surface area contributed by atoms with Gasteiger partial charge < -0.3 is 4.74 Å². The lowest BCUT2D eigenvalue weighted by atomic mass is 10.1. The fourth-order valence-electron chi connectivity index (χ4n) is 1.25. The van der Waals surface area contributed by atoms with Crippen LogP contribution < -0.4 is 4.74 Å². The molecule has 0 N–H and O–H groups in total. The third-order valence-electron chi connectivity index (χ3n) is 2.08. The van der Waals surface area contributed by atoms with Crippen LogP contribution >= 0.6 is 0 Å². The average molecular weight is 196 g/mol. The van der Waals surface area contributed by atoms with Crippen LogP contribution in [0.15, 0.2) is 12.1 Å². The van der Waals surface area contributed by atoms with E-state index < -0.39 is 5.82 Å². The summed E-state index contributed by atoms with van der Waals surface area (Å²) < 4.78 is 18.1. The molecule has 0 saturated heterocycles.